The molecule has 5 nitrogen and oxygen atoms in total. The first kappa shape index (κ1) is 16.7. The summed E-state index contributed by atoms with van der Waals surface area (Å²) in [6, 6.07) is 11.6. The summed E-state index contributed by atoms with van der Waals surface area (Å²) in [6.45, 7) is 1.83. The second kappa shape index (κ2) is 7.14. The highest BCUT2D eigenvalue weighted by Gasteiger charge is 2.23. The summed E-state index contributed by atoms with van der Waals surface area (Å²) in [4.78, 5) is 25.0. The van der Waals surface area contributed by atoms with E-state index in [0.29, 0.717) is 22.7 Å². The minimum atomic E-state index is -0.333. The smallest absolute Gasteiger partial charge is 0.272 e. The van der Waals surface area contributed by atoms with E-state index in [1.54, 1.807) is 30.3 Å². The monoisotopic (exact) mass is 364 g/mol. The number of carbonyl (C=O) groups is 2. The average molecular weight is 364 g/mol. The molecule has 0 unspecified atom stereocenters. The highest BCUT2D eigenvalue weighted by Crippen LogP contribution is 2.36. The van der Waals surface area contributed by atoms with Crippen LogP contribution in [0.1, 0.15) is 17.3 Å². The Kier molecular flexibility index (Phi) is 4.96. The number of anilines is 2. The summed E-state index contributed by atoms with van der Waals surface area (Å²) in [5.41, 5.74) is 1.52. The third-order valence-corrected chi connectivity index (χ3v) is 4.83. The van der Waals surface area contributed by atoms with Crippen molar-refractivity contribution in [2.24, 2.45) is 0 Å². The number of rotatable bonds is 4. The molecule has 1 aliphatic rings. The molecule has 24 heavy (non-hydrogen) atoms. The van der Waals surface area contributed by atoms with Crippen molar-refractivity contribution in [1.82, 2.24) is 0 Å². The molecule has 0 aromatic heterocycles. The fourth-order valence-corrected chi connectivity index (χ4v) is 3.32. The normalized spacial score (nSPS) is 16.1. The van der Waals surface area contributed by atoms with Gasteiger partial charge in [-0.25, -0.2) is 0 Å². The SMILES string of the molecule is C[C@H]1Sc2ccc(C(=O)Nc3cccc(OSF)c3)cc2NC1=O. The lowest BCUT2D eigenvalue weighted by Gasteiger charge is -2.21. The standard InChI is InChI=1S/C16H13FN2O3S2/c1-9-15(20)19-13-7-10(5-6-14(13)23-9)16(21)18-11-3-2-4-12(8-11)22-24-17/h2-9H,1H3,(H,18,21)(H,19,20)/t9-/m1/s1. The molecule has 2 N–H and O–H groups in total. The minimum Gasteiger partial charge on any atom is -0.397 e. The molecule has 0 bridgehead atoms. The fraction of sp³-hybridized carbons (Fsp3) is 0.125. The van der Waals surface area contributed by atoms with Crippen LogP contribution < -0.4 is 14.8 Å². The van der Waals surface area contributed by atoms with Gasteiger partial charge in [-0.2, -0.15) is 0 Å². The molecule has 0 spiro atoms. The highest BCUT2D eigenvalue weighted by atomic mass is 32.2. The van der Waals surface area contributed by atoms with Gasteiger partial charge in [0.15, 0.2) is 0 Å². The molecule has 0 fully saturated rings. The second-order valence-electron chi connectivity index (χ2n) is 5.09. The Hall–Kier alpha value is -2.19. The van der Waals surface area contributed by atoms with Gasteiger partial charge in [0.25, 0.3) is 18.3 Å². The van der Waals surface area contributed by atoms with Gasteiger partial charge in [0.2, 0.25) is 5.91 Å². The number of hydrogen-bond acceptors (Lipinski definition) is 5. The first-order valence-corrected chi connectivity index (χ1v) is 8.57. The number of amides is 2. The van der Waals surface area contributed by atoms with E-state index in [0.717, 1.165) is 4.90 Å². The maximum Gasteiger partial charge on any atom is 0.272 e. The third kappa shape index (κ3) is 3.65. The molecule has 124 valence electrons. The predicted molar refractivity (Wildman–Crippen MR) is 94.1 cm³/mol. The van der Waals surface area contributed by atoms with E-state index in [4.69, 9.17) is 0 Å². The number of fused-ring (bicyclic) bond motifs is 1. The fourth-order valence-electron chi connectivity index (χ4n) is 2.22. The molecular formula is C16H13FN2O3S2. The Bertz CT molecular complexity index is 801. The Labute approximate surface area is 146 Å². The lowest BCUT2D eigenvalue weighted by Crippen LogP contribution is -2.26. The van der Waals surface area contributed by atoms with E-state index in [2.05, 4.69) is 14.8 Å². The molecular weight excluding hydrogens is 351 g/mol. The van der Waals surface area contributed by atoms with Gasteiger partial charge in [-0.3, -0.25) is 9.59 Å². The van der Waals surface area contributed by atoms with E-state index in [9.17, 15) is 13.5 Å². The summed E-state index contributed by atoms with van der Waals surface area (Å²) in [5, 5.41) is 5.35. The van der Waals surface area contributed by atoms with Crippen molar-refractivity contribution >= 4 is 47.4 Å². The average Bonchev–Trinajstić information content (AvgIpc) is 2.56. The lowest BCUT2D eigenvalue weighted by atomic mass is 10.1. The molecule has 0 saturated heterocycles. The molecule has 2 aromatic rings. The van der Waals surface area contributed by atoms with Crippen LogP contribution in [0.5, 0.6) is 5.75 Å². The van der Waals surface area contributed by atoms with Crippen LogP contribution in [0.25, 0.3) is 0 Å². The van der Waals surface area contributed by atoms with Crippen molar-refractivity contribution < 1.29 is 17.7 Å². The summed E-state index contributed by atoms with van der Waals surface area (Å²) >= 11 is 1.19. The van der Waals surface area contributed by atoms with Crippen molar-refractivity contribution in [3.8, 4) is 5.75 Å². The zero-order valence-corrected chi connectivity index (χ0v) is 14.2. The number of benzene rings is 2. The molecule has 0 saturated carbocycles. The van der Waals surface area contributed by atoms with Gasteiger partial charge >= 0.3 is 0 Å². The van der Waals surface area contributed by atoms with E-state index < -0.39 is 0 Å². The number of carbonyl (C=O) groups excluding carboxylic acids is 2. The van der Waals surface area contributed by atoms with Crippen molar-refractivity contribution in [3.05, 3.63) is 48.0 Å². The van der Waals surface area contributed by atoms with Crippen molar-refractivity contribution in [1.29, 1.82) is 0 Å². The maximum absolute atomic E-state index is 12.4. The molecule has 0 aliphatic carbocycles. The molecule has 2 aromatic carbocycles. The Morgan fingerprint density at radius 2 is 2.17 bits per heavy atom. The zero-order valence-electron chi connectivity index (χ0n) is 12.5. The molecule has 8 heteroatoms. The number of halogens is 1. The largest absolute Gasteiger partial charge is 0.397 e. The Morgan fingerprint density at radius 3 is 2.96 bits per heavy atom. The van der Waals surface area contributed by atoms with E-state index in [-0.39, 0.29) is 29.5 Å². The minimum absolute atomic E-state index is 0.0846. The van der Waals surface area contributed by atoms with Crippen LogP contribution in [-0.4, -0.2) is 17.1 Å². The van der Waals surface area contributed by atoms with Crippen molar-refractivity contribution in [3.63, 3.8) is 0 Å². The maximum atomic E-state index is 12.4. The Balaban J connectivity index is 1.77. The topological polar surface area (TPSA) is 67.4 Å². The van der Waals surface area contributed by atoms with Gasteiger partial charge in [0.1, 0.15) is 5.75 Å². The predicted octanol–water partition coefficient (Wildman–Crippen LogP) is 4.28. The van der Waals surface area contributed by atoms with Crippen LogP contribution in [0, 0.1) is 0 Å². The zero-order chi connectivity index (χ0) is 17.1. The van der Waals surface area contributed by atoms with Gasteiger partial charge in [0, 0.05) is 22.2 Å². The number of hydrogen-bond donors (Lipinski definition) is 2. The summed E-state index contributed by atoms with van der Waals surface area (Å²) in [6.07, 6.45) is 0. The molecule has 0 radical (unpaired) electrons. The first-order valence-electron chi connectivity index (χ1n) is 7.05. The molecule has 1 atom stereocenters. The molecule has 3 rings (SSSR count). The molecule has 1 heterocycles. The van der Waals surface area contributed by atoms with Crippen LogP contribution in [0.15, 0.2) is 47.4 Å². The number of nitrogens with one attached hydrogen (secondary N) is 2. The molecule has 2 amide bonds. The van der Waals surface area contributed by atoms with Gasteiger partial charge < -0.3 is 14.8 Å². The van der Waals surface area contributed by atoms with Crippen LogP contribution in [0.2, 0.25) is 0 Å². The first-order chi connectivity index (χ1) is 11.6. The van der Waals surface area contributed by atoms with Crippen LogP contribution >= 0.6 is 24.2 Å². The van der Waals surface area contributed by atoms with E-state index in [1.807, 2.05) is 13.0 Å². The van der Waals surface area contributed by atoms with Gasteiger partial charge in [-0.1, -0.05) is 6.07 Å². The summed E-state index contributed by atoms with van der Waals surface area (Å²) in [7, 11) is 0. The van der Waals surface area contributed by atoms with Crippen LogP contribution in [-0.2, 0) is 4.79 Å². The van der Waals surface area contributed by atoms with Crippen LogP contribution in [0.4, 0.5) is 15.3 Å². The van der Waals surface area contributed by atoms with Crippen LogP contribution in [0.3, 0.4) is 0 Å². The van der Waals surface area contributed by atoms with Crippen molar-refractivity contribution in [2.75, 3.05) is 10.6 Å². The highest BCUT2D eigenvalue weighted by molar-refractivity contribution is 8.01. The summed E-state index contributed by atoms with van der Waals surface area (Å²) in [5.74, 6) is -0.122. The van der Waals surface area contributed by atoms with Gasteiger partial charge in [0.05, 0.1) is 10.9 Å². The van der Waals surface area contributed by atoms with E-state index in [1.165, 1.54) is 17.8 Å². The summed E-state index contributed by atoms with van der Waals surface area (Å²) < 4.78 is 16.8. The quantitative estimate of drug-likeness (QED) is 0.793. The van der Waals surface area contributed by atoms with Gasteiger partial charge in [-0.15, -0.1) is 15.6 Å². The second-order valence-corrected chi connectivity index (χ2v) is 6.76. The molecule has 1 aliphatic heterocycles. The number of thioether (sulfide) groups is 1. The van der Waals surface area contributed by atoms with Crippen molar-refractivity contribution in [2.45, 2.75) is 17.1 Å². The lowest BCUT2D eigenvalue weighted by molar-refractivity contribution is -0.115. The van der Waals surface area contributed by atoms with Gasteiger partial charge in [-0.05, 0) is 37.3 Å². The third-order valence-electron chi connectivity index (χ3n) is 3.39. The van der Waals surface area contributed by atoms with E-state index >= 15 is 0 Å². The Morgan fingerprint density at radius 1 is 1.33 bits per heavy atom.